The molecule has 1 atom stereocenters. The molecule has 1 aromatic rings. The molecule has 0 fully saturated rings. The maximum absolute atomic E-state index is 13.1. The van der Waals surface area contributed by atoms with E-state index in [9.17, 15) is 13.9 Å². The number of aliphatic hydroxyl groups is 2. The van der Waals surface area contributed by atoms with Crippen molar-refractivity contribution < 1.29 is 19.0 Å². The first-order valence-electron chi connectivity index (χ1n) is 4.87. The summed E-state index contributed by atoms with van der Waals surface area (Å²) in [5.74, 6) is -1.80. The first-order valence-corrected chi connectivity index (χ1v) is 4.87. The Bertz CT molecular complexity index is 315. The Morgan fingerprint density at radius 2 is 2.00 bits per heavy atom. The summed E-state index contributed by atoms with van der Waals surface area (Å²) in [5, 5.41) is 18.0. The third-order valence-electron chi connectivity index (χ3n) is 2.18. The highest BCUT2D eigenvalue weighted by atomic mass is 19.2. The fraction of sp³-hybridized carbons (Fsp3) is 0.455. The van der Waals surface area contributed by atoms with Gasteiger partial charge in [0.15, 0.2) is 11.6 Å². The Kier molecular flexibility index (Phi) is 4.65. The zero-order chi connectivity index (χ0) is 11.3. The van der Waals surface area contributed by atoms with Crippen LogP contribution in [0.5, 0.6) is 0 Å². The molecule has 0 aliphatic rings. The fourth-order valence-electron chi connectivity index (χ4n) is 1.39. The Hall–Kier alpha value is -1.00. The van der Waals surface area contributed by atoms with Gasteiger partial charge in [0, 0.05) is 13.0 Å². The maximum Gasteiger partial charge on any atom is 0.162 e. The van der Waals surface area contributed by atoms with Crippen LogP contribution in [0.25, 0.3) is 0 Å². The first kappa shape index (κ1) is 12.1. The van der Waals surface area contributed by atoms with Crippen LogP contribution >= 0.6 is 0 Å². The molecular formula is C11H14F2O2. The maximum atomic E-state index is 13.1. The van der Waals surface area contributed by atoms with Gasteiger partial charge >= 0.3 is 0 Å². The molecule has 1 aromatic carbocycles. The van der Waals surface area contributed by atoms with Crippen LogP contribution in [0, 0.1) is 11.6 Å². The molecule has 4 heteroatoms. The second kappa shape index (κ2) is 5.78. The topological polar surface area (TPSA) is 40.5 Å². The van der Waals surface area contributed by atoms with Crippen LogP contribution in [0.4, 0.5) is 8.78 Å². The van der Waals surface area contributed by atoms with Crippen molar-refractivity contribution in [1.29, 1.82) is 0 Å². The van der Waals surface area contributed by atoms with Crippen LogP contribution in [-0.4, -0.2) is 22.9 Å². The first-order chi connectivity index (χ1) is 7.15. The summed E-state index contributed by atoms with van der Waals surface area (Å²) in [6, 6.07) is 3.89. The molecule has 0 aromatic heterocycles. The summed E-state index contributed by atoms with van der Waals surface area (Å²) in [5.41, 5.74) is 0.167. The van der Waals surface area contributed by atoms with Gasteiger partial charge in [0.1, 0.15) is 0 Å². The van der Waals surface area contributed by atoms with E-state index in [-0.39, 0.29) is 18.6 Å². The zero-order valence-electron chi connectivity index (χ0n) is 8.29. The highest BCUT2D eigenvalue weighted by Gasteiger charge is 2.11. The Morgan fingerprint density at radius 1 is 1.27 bits per heavy atom. The Labute approximate surface area is 87.2 Å². The molecule has 0 aliphatic carbocycles. The second-order valence-electron chi connectivity index (χ2n) is 3.44. The van der Waals surface area contributed by atoms with E-state index in [0.29, 0.717) is 12.8 Å². The van der Waals surface area contributed by atoms with Crippen molar-refractivity contribution in [2.24, 2.45) is 0 Å². The van der Waals surface area contributed by atoms with Crippen LogP contribution < -0.4 is 0 Å². The number of hydrogen-bond acceptors (Lipinski definition) is 2. The molecule has 0 saturated heterocycles. The van der Waals surface area contributed by atoms with E-state index in [4.69, 9.17) is 5.11 Å². The lowest BCUT2D eigenvalue weighted by Gasteiger charge is -2.10. The molecule has 0 heterocycles. The fourth-order valence-corrected chi connectivity index (χ4v) is 1.39. The molecule has 1 rings (SSSR count). The van der Waals surface area contributed by atoms with E-state index in [1.165, 1.54) is 12.1 Å². The molecule has 2 nitrogen and oxygen atoms in total. The minimum Gasteiger partial charge on any atom is -0.396 e. The van der Waals surface area contributed by atoms with Crippen LogP contribution in [-0.2, 0) is 6.42 Å². The molecule has 0 bridgehead atoms. The number of hydrogen-bond donors (Lipinski definition) is 2. The van der Waals surface area contributed by atoms with Gasteiger partial charge in [-0.2, -0.15) is 0 Å². The van der Waals surface area contributed by atoms with Crippen molar-refractivity contribution >= 4 is 0 Å². The predicted octanol–water partition coefficient (Wildman–Crippen LogP) is 1.64. The molecule has 0 saturated carbocycles. The average Bonchev–Trinajstić information content (AvgIpc) is 2.22. The van der Waals surface area contributed by atoms with E-state index >= 15 is 0 Å². The molecule has 0 radical (unpaired) electrons. The van der Waals surface area contributed by atoms with Gasteiger partial charge in [0.2, 0.25) is 0 Å². The lowest BCUT2D eigenvalue weighted by atomic mass is 10.0. The molecule has 0 spiro atoms. The largest absolute Gasteiger partial charge is 0.396 e. The smallest absolute Gasteiger partial charge is 0.162 e. The molecule has 15 heavy (non-hydrogen) atoms. The van der Waals surface area contributed by atoms with Gasteiger partial charge in [0.25, 0.3) is 0 Å². The Balaban J connectivity index is 2.60. The molecule has 1 unspecified atom stereocenters. The van der Waals surface area contributed by atoms with Gasteiger partial charge < -0.3 is 10.2 Å². The average molecular weight is 216 g/mol. The van der Waals surface area contributed by atoms with Gasteiger partial charge in [-0.15, -0.1) is 0 Å². The van der Waals surface area contributed by atoms with Crippen LogP contribution in [0.2, 0.25) is 0 Å². The lowest BCUT2D eigenvalue weighted by Crippen LogP contribution is -2.12. The minimum absolute atomic E-state index is 0.0112. The highest BCUT2D eigenvalue weighted by Crippen LogP contribution is 2.14. The monoisotopic (exact) mass is 216 g/mol. The number of aliphatic hydroxyl groups excluding tert-OH is 2. The second-order valence-corrected chi connectivity index (χ2v) is 3.44. The number of rotatable bonds is 5. The van der Waals surface area contributed by atoms with Gasteiger partial charge in [-0.05, 0) is 24.5 Å². The van der Waals surface area contributed by atoms with Crippen molar-refractivity contribution in [1.82, 2.24) is 0 Å². The van der Waals surface area contributed by atoms with Crippen molar-refractivity contribution in [3.05, 3.63) is 35.4 Å². The van der Waals surface area contributed by atoms with Gasteiger partial charge in [0.05, 0.1) is 6.10 Å². The van der Waals surface area contributed by atoms with Crippen LogP contribution in [0.15, 0.2) is 18.2 Å². The summed E-state index contributed by atoms with van der Waals surface area (Å²) in [7, 11) is 0. The van der Waals surface area contributed by atoms with E-state index in [0.717, 1.165) is 6.07 Å². The molecule has 0 aliphatic heterocycles. The third kappa shape index (κ3) is 3.57. The normalized spacial score (nSPS) is 12.8. The molecule has 0 amide bonds. The van der Waals surface area contributed by atoms with Crippen LogP contribution in [0.1, 0.15) is 18.4 Å². The number of benzene rings is 1. The van der Waals surface area contributed by atoms with Crippen molar-refractivity contribution in [3.63, 3.8) is 0 Å². The van der Waals surface area contributed by atoms with E-state index in [1.807, 2.05) is 0 Å². The quantitative estimate of drug-likeness (QED) is 0.785. The van der Waals surface area contributed by atoms with E-state index < -0.39 is 17.7 Å². The molecule has 84 valence electrons. The van der Waals surface area contributed by atoms with Gasteiger partial charge in [-0.25, -0.2) is 8.78 Å². The standard InChI is InChI=1S/C11H14F2O2/c12-10-5-1-3-8(11(10)13)7-9(15)4-2-6-14/h1,3,5,9,14-15H,2,4,6-7H2. The molecule has 2 N–H and O–H groups in total. The minimum atomic E-state index is -0.902. The van der Waals surface area contributed by atoms with Crippen molar-refractivity contribution in [3.8, 4) is 0 Å². The summed E-state index contributed by atoms with van der Waals surface area (Å²) < 4.78 is 25.9. The highest BCUT2D eigenvalue weighted by molar-refractivity contribution is 5.19. The summed E-state index contributed by atoms with van der Waals surface area (Å²) >= 11 is 0. The SMILES string of the molecule is OCCCC(O)Cc1cccc(F)c1F. The Morgan fingerprint density at radius 3 is 2.67 bits per heavy atom. The predicted molar refractivity (Wildman–Crippen MR) is 52.4 cm³/mol. The van der Waals surface area contributed by atoms with E-state index in [1.54, 1.807) is 0 Å². The summed E-state index contributed by atoms with van der Waals surface area (Å²) in [6.07, 6.45) is 0.169. The van der Waals surface area contributed by atoms with Gasteiger partial charge in [-0.3, -0.25) is 0 Å². The zero-order valence-corrected chi connectivity index (χ0v) is 8.29. The van der Waals surface area contributed by atoms with Gasteiger partial charge in [-0.1, -0.05) is 12.1 Å². The summed E-state index contributed by atoms with van der Waals surface area (Å²) in [6.45, 7) is -0.0112. The molecular weight excluding hydrogens is 202 g/mol. The number of halogens is 2. The summed E-state index contributed by atoms with van der Waals surface area (Å²) in [4.78, 5) is 0. The van der Waals surface area contributed by atoms with E-state index in [2.05, 4.69) is 0 Å². The van der Waals surface area contributed by atoms with Crippen molar-refractivity contribution in [2.45, 2.75) is 25.4 Å². The lowest BCUT2D eigenvalue weighted by molar-refractivity contribution is 0.148. The third-order valence-corrected chi connectivity index (χ3v) is 2.18. The van der Waals surface area contributed by atoms with Crippen molar-refractivity contribution in [2.75, 3.05) is 6.61 Å². The van der Waals surface area contributed by atoms with Crippen LogP contribution in [0.3, 0.4) is 0 Å².